The van der Waals surface area contributed by atoms with Gasteiger partial charge in [-0.05, 0) is 42.5 Å². The molecule has 24 heavy (non-hydrogen) atoms. The van der Waals surface area contributed by atoms with Crippen LogP contribution in [0.3, 0.4) is 0 Å². The second-order valence-electron chi connectivity index (χ2n) is 6.37. The molecule has 2 heteroatoms. The highest BCUT2D eigenvalue weighted by atomic mass is 16.3. The number of aliphatic hydroxyl groups excluding tert-OH is 1. The predicted octanol–water partition coefficient (Wildman–Crippen LogP) is 3.86. The third-order valence-electron chi connectivity index (χ3n) is 4.90. The maximum Gasteiger partial charge on any atom is 0.219 e. The molecule has 0 atom stereocenters. The van der Waals surface area contributed by atoms with Gasteiger partial charge in [0, 0.05) is 11.1 Å². The molecule has 3 aromatic rings. The highest BCUT2D eigenvalue weighted by molar-refractivity contribution is 5.82. The Morgan fingerprint density at radius 1 is 0.792 bits per heavy atom. The zero-order valence-corrected chi connectivity index (χ0v) is 13.8. The number of hydrogen-bond donors (Lipinski definition) is 1. The van der Waals surface area contributed by atoms with E-state index in [2.05, 4.69) is 59.6 Å². The fourth-order valence-corrected chi connectivity index (χ4v) is 3.86. The minimum Gasteiger partial charge on any atom is -0.396 e. The Bertz CT molecular complexity index is 841. The molecule has 2 aromatic carbocycles. The molecule has 120 valence electrons. The number of benzene rings is 2. The minimum absolute atomic E-state index is 0.182. The molecular formula is C22H22NO+. The Balaban J connectivity index is 2.02. The third kappa shape index (κ3) is 2.63. The van der Waals surface area contributed by atoms with Crippen molar-refractivity contribution in [2.24, 2.45) is 0 Å². The second kappa shape index (κ2) is 6.58. The van der Waals surface area contributed by atoms with Gasteiger partial charge >= 0.3 is 0 Å². The maximum atomic E-state index is 9.48. The number of H-pyrrole nitrogens is 1. The topological polar surface area (TPSA) is 34.4 Å². The van der Waals surface area contributed by atoms with Crippen LogP contribution in [0.15, 0.2) is 60.7 Å². The van der Waals surface area contributed by atoms with Gasteiger partial charge in [0.05, 0.1) is 18.6 Å². The molecule has 1 aliphatic carbocycles. The second-order valence-corrected chi connectivity index (χ2v) is 6.37. The quantitative estimate of drug-likeness (QED) is 0.779. The first-order valence-electron chi connectivity index (χ1n) is 8.70. The predicted molar refractivity (Wildman–Crippen MR) is 96.7 cm³/mol. The summed E-state index contributed by atoms with van der Waals surface area (Å²) < 4.78 is 0. The smallest absolute Gasteiger partial charge is 0.219 e. The van der Waals surface area contributed by atoms with Gasteiger partial charge in [0.2, 0.25) is 5.69 Å². The molecule has 0 saturated carbocycles. The molecule has 1 aromatic heterocycles. The van der Waals surface area contributed by atoms with E-state index in [1.54, 1.807) is 0 Å². The SMILES string of the molecule is OCCc1[nH+]c(-c2ccccc2)c(-c2ccccc2)c2c1CCC2. The lowest BCUT2D eigenvalue weighted by atomic mass is 9.91. The zero-order chi connectivity index (χ0) is 16.4. The summed E-state index contributed by atoms with van der Waals surface area (Å²) >= 11 is 0. The van der Waals surface area contributed by atoms with Crippen molar-refractivity contribution < 1.29 is 10.1 Å². The van der Waals surface area contributed by atoms with E-state index in [0.29, 0.717) is 6.42 Å². The molecule has 0 bridgehead atoms. The van der Waals surface area contributed by atoms with Crippen molar-refractivity contribution in [2.45, 2.75) is 25.7 Å². The number of aromatic amines is 1. The summed E-state index contributed by atoms with van der Waals surface area (Å²) in [5.41, 5.74) is 9.04. The van der Waals surface area contributed by atoms with Gasteiger partial charge in [-0.2, -0.15) is 0 Å². The van der Waals surface area contributed by atoms with Gasteiger partial charge in [0.25, 0.3) is 0 Å². The lowest BCUT2D eigenvalue weighted by Crippen LogP contribution is -2.21. The molecule has 1 heterocycles. The fraction of sp³-hybridized carbons (Fsp3) is 0.227. The molecule has 4 rings (SSSR count). The van der Waals surface area contributed by atoms with Crippen LogP contribution < -0.4 is 4.98 Å². The molecule has 2 nitrogen and oxygen atoms in total. The zero-order valence-electron chi connectivity index (χ0n) is 13.8. The molecule has 0 amide bonds. The summed E-state index contributed by atoms with van der Waals surface area (Å²) in [5, 5.41) is 9.48. The summed E-state index contributed by atoms with van der Waals surface area (Å²) in [6, 6.07) is 21.2. The van der Waals surface area contributed by atoms with Gasteiger partial charge in [0.1, 0.15) is 0 Å². The lowest BCUT2D eigenvalue weighted by Gasteiger charge is -2.13. The van der Waals surface area contributed by atoms with Crippen LogP contribution in [0.4, 0.5) is 0 Å². The van der Waals surface area contributed by atoms with E-state index in [4.69, 9.17) is 0 Å². The van der Waals surface area contributed by atoms with Gasteiger partial charge < -0.3 is 5.11 Å². The van der Waals surface area contributed by atoms with Crippen LogP contribution in [0.1, 0.15) is 23.2 Å². The van der Waals surface area contributed by atoms with Crippen LogP contribution in [0.5, 0.6) is 0 Å². The lowest BCUT2D eigenvalue weighted by molar-refractivity contribution is -0.377. The number of rotatable bonds is 4. The monoisotopic (exact) mass is 316 g/mol. The third-order valence-corrected chi connectivity index (χ3v) is 4.90. The molecular weight excluding hydrogens is 294 g/mol. The summed E-state index contributed by atoms with van der Waals surface area (Å²) in [5.74, 6) is 0. The molecule has 0 radical (unpaired) electrons. The normalized spacial score (nSPS) is 13.0. The largest absolute Gasteiger partial charge is 0.396 e. The Hall–Kier alpha value is -2.45. The van der Waals surface area contributed by atoms with Crippen molar-refractivity contribution in [3.8, 4) is 22.4 Å². The van der Waals surface area contributed by atoms with Gasteiger partial charge in [-0.15, -0.1) is 0 Å². The van der Waals surface area contributed by atoms with E-state index < -0.39 is 0 Å². The molecule has 0 saturated heterocycles. The Labute approximate surface area is 142 Å². The molecule has 0 spiro atoms. The first-order valence-corrected chi connectivity index (χ1v) is 8.70. The minimum atomic E-state index is 0.182. The molecule has 0 fully saturated rings. The van der Waals surface area contributed by atoms with E-state index in [1.165, 1.54) is 45.6 Å². The average molecular weight is 316 g/mol. The van der Waals surface area contributed by atoms with Crippen molar-refractivity contribution in [2.75, 3.05) is 6.61 Å². The van der Waals surface area contributed by atoms with Crippen molar-refractivity contribution in [3.05, 3.63) is 77.5 Å². The van der Waals surface area contributed by atoms with Crippen molar-refractivity contribution in [1.29, 1.82) is 0 Å². The van der Waals surface area contributed by atoms with Gasteiger partial charge in [0.15, 0.2) is 5.69 Å². The van der Waals surface area contributed by atoms with Crippen LogP contribution >= 0.6 is 0 Å². The maximum absolute atomic E-state index is 9.48. The Kier molecular flexibility index (Phi) is 4.14. The van der Waals surface area contributed by atoms with Crippen molar-refractivity contribution >= 4 is 0 Å². The molecule has 0 unspecified atom stereocenters. The van der Waals surface area contributed by atoms with E-state index >= 15 is 0 Å². The van der Waals surface area contributed by atoms with Gasteiger partial charge in [-0.25, -0.2) is 4.98 Å². The Morgan fingerprint density at radius 3 is 2.08 bits per heavy atom. The van der Waals surface area contributed by atoms with Crippen LogP contribution in [-0.2, 0) is 19.3 Å². The van der Waals surface area contributed by atoms with Crippen LogP contribution in [0.2, 0.25) is 0 Å². The Morgan fingerprint density at radius 2 is 1.42 bits per heavy atom. The van der Waals surface area contributed by atoms with Crippen LogP contribution in [0.25, 0.3) is 22.4 Å². The van der Waals surface area contributed by atoms with Crippen molar-refractivity contribution in [1.82, 2.24) is 0 Å². The number of hydrogen-bond acceptors (Lipinski definition) is 1. The highest BCUT2D eigenvalue weighted by Crippen LogP contribution is 2.38. The first-order chi connectivity index (χ1) is 11.9. The van der Waals surface area contributed by atoms with Gasteiger partial charge in [-0.3, -0.25) is 0 Å². The molecule has 1 aliphatic rings. The first kappa shape index (κ1) is 15.1. The summed E-state index contributed by atoms with van der Waals surface area (Å²) in [6.45, 7) is 0.182. The average Bonchev–Trinajstić information content (AvgIpc) is 3.13. The number of pyridine rings is 1. The summed E-state index contributed by atoms with van der Waals surface area (Å²) in [4.78, 5) is 3.67. The summed E-state index contributed by atoms with van der Waals surface area (Å²) in [7, 11) is 0. The number of nitrogens with one attached hydrogen (secondary N) is 1. The fourth-order valence-electron chi connectivity index (χ4n) is 3.86. The molecule has 0 aliphatic heterocycles. The van der Waals surface area contributed by atoms with Crippen molar-refractivity contribution in [3.63, 3.8) is 0 Å². The molecule has 2 N–H and O–H groups in total. The number of fused-ring (bicyclic) bond motifs is 1. The standard InChI is InChI=1S/C22H21NO/c24-15-14-20-18-12-7-13-19(18)21(16-8-3-1-4-9-16)22(23-20)17-10-5-2-6-11-17/h1-6,8-11,24H,7,12-15H2/p+1. The van der Waals surface area contributed by atoms with Crippen LogP contribution in [-0.4, -0.2) is 11.7 Å². The van der Waals surface area contributed by atoms with Crippen LogP contribution in [0, 0.1) is 0 Å². The van der Waals surface area contributed by atoms with Gasteiger partial charge in [-0.1, -0.05) is 48.5 Å². The van der Waals surface area contributed by atoms with E-state index in [1.807, 2.05) is 6.07 Å². The number of aliphatic hydroxyl groups is 1. The highest BCUT2D eigenvalue weighted by Gasteiger charge is 2.28. The van der Waals surface area contributed by atoms with E-state index in [0.717, 1.165) is 12.8 Å². The summed E-state index contributed by atoms with van der Waals surface area (Å²) in [6.07, 6.45) is 4.11. The number of aromatic nitrogens is 1. The van der Waals surface area contributed by atoms with E-state index in [9.17, 15) is 5.11 Å². The van der Waals surface area contributed by atoms with E-state index in [-0.39, 0.29) is 6.61 Å².